The van der Waals surface area contributed by atoms with E-state index in [1.807, 2.05) is 14.0 Å². The highest BCUT2D eigenvalue weighted by Crippen LogP contribution is 2.07. The summed E-state index contributed by atoms with van der Waals surface area (Å²) in [6.07, 6.45) is 0.926. The first-order chi connectivity index (χ1) is 8.63. The fourth-order valence-corrected chi connectivity index (χ4v) is 2.06. The Labute approximate surface area is 112 Å². The summed E-state index contributed by atoms with van der Waals surface area (Å²) in [5.74, 6) is -0.0844. The van der Waals surface area contributed by atoms with Crippen molar-refractivity contribution in [1.29, 1.82) is 0 Å². The number of rotatable bonds is 8. The van der Waals surface area contributed by atoms with E-state index in [4.69, 9.17) is 4.74 Å². The van der Waals surface area contributed by atoms with Gasteiger partial charge in [-0.15, -0.1) is 11.3 Å². The maximum Gasteiger partial charge on any atom is 0.270 e. The lowest BCUT2D eigenvalue weighted by Crippen LogP contribution is -2.29. The predicted molar refractivity (Wildman–Crippen MR) is 73.2 cm³/mol. The third-order valence-corrected chi connectivity index (χ3v) is 3.30. The molecule has 0 aliphatic rings. The van der Waals surface area contributed by atoms with Gasteiger partial charge < -0.3 is 15.0 Å². The number of amides is 1. The van der Waals surface area contributed by atoms with Gasteiger partial charge in [-0.3, -0.25) is 4.79 Å². The fraction of sp³-hybridized carbons (Fsp3) is 0.667. The van der Waals surface area contributed by atoms with E-state index >= 15 is 0 Å². The van der Waals surface area contributed by atoms with Gasteiger partial charge in [-0.05, 0) is 26.9 Å². The van der Waals surface area contributed by atoms with E-state index < -0.39 is 0 Å². The first-order valence-electron chi connectivity index (χ1n) is 6.01. The highest BCUT2D eigenvalue weighted by Gasteiger charge is 2.08. The number of hydrogen-bond acceptors (Lipinski definition) is 5. The van der Waals surface area contributed by atoms with Gasteiger partial charge in [0.05, 0.1) is 11.6 Å². The van der Waals surface area contributed by atoms with Crippen LogP contribution in [0.15, 0.2) is 5.38 Å². The summed E-state index contributed by atoms with van der Waals surface area (Å²) < 4.78 is 5.00. The molecule has 1 N–H and O–H groups in total. The van der Waals surface area contributed by atoms with Gasteiger partial charge in [0.25, 0.3) is 5.91 Å². The molecule has 0 unspecified atom stereocenters. The molecule has 1 aromatic heterocycles. The second kappa shape index (κ2) is 8.18. The molecule has 1 amide bonds. The Morgan fingerprint density at radius 3 is 2.94 bits per heavy atom. The molecule has 0 aliphatic heterocycles. The van der Waals surface area contributed by atoms with Crippen LogP contribution in [-0.4, -0.2) is 56.2 Å². The molecule has 1 rings (SSSR count). The van der Waals surface area contributed by atoms with Crippen LogP contribution in [0.5, 0.6) is 0 Å². The number of likely N-dealkylation sites (N-methyl/N-ethyl adjacent to an activating group) is 1. The molecule has 0 aliphatic carbocycles. The molecular weight excluding hydrogens is 250 g/mol. The Bertz CT molecular complexity index is 368. The van der Waals surface area contributed by atoms with Crippen LogP contribution < -0.4 is 5.32 Å². The maximum atomic E-state index is 11.7. The first-order valence-corrected chi connectivity index (χ1v) is 6.89. The van der Waals surface area contributed by atoms with Crippen LogP contribution in [0.2, 0.25) is 0 Å². The molecule has 0 fully saturated rings. The average molecular weight is 271 g/mol. The number of aryl methyl sites for hydroxylation is 1. The van der Waals surface area contributed by atoms with Crippen molar-refractivity contribution >= 4 is 17.2 Å². The zero-order chi connectivity index (χ0) is 13.4. The summed E-state index contributed by atoms with van der Waals surface area (Å²) in [6, 6.07) is 0. The summed E-state index contributed by atoms with van der Waals surface area (Å²) in [4.78, 5) is 18.0. The third-order valence-electron chi connectivity index (χ3n) is 2.53. The molecule has 1 heterocycles. The Morgan fingerprint density at radius 2 is 2.33 bits per heavy atom. The molecule has 0 spiro atoms. The van der Waals surface area contributed by atoms with E-state index in [-0.39, 0.29) is 5.91 Å². The molecule has 0 saturated heterocycles. The number of aromatic nitrogens is 1. The van der Waals surface area contributed by atoms with E-state index in [0.29, 0.717) is 12.2 Å². The smallest absolute Gasteiger partial charge is 0.270 e. The number of nitrogens with one attached hydrogen (secondary N) is 1. The molecule has 0 aromatic carbocycles. The molecule has 102 valence electrons. The number of nitrogens with zero attached hydrogens (tertiary/aromatic N) is 2. The van der Waals surface area contributed by atoms with Gasteiger partial charge in [0.15, 0.2) is 0 Å². The van der Waals surface area contributed by atoms with Crippen molar-refractivity contribution in [3.05, 3.63) is 16.1 Å². The summed E-state index contributed by atoms with van der Waals surface area (Å²) in [5, 5.41) is 5.57. The van der Waals surface area contributed by atoms with Crippen LogP contribution in [0, 0.1) is 6.92 Å². The zero-order valence-corrected chi connectivity index (χ0v) is 12.0. The quantitative estimate of drug-likeness (QED) is 0.721. The van der Waals surface area contributed by atoms with Crippen LogP contribution in [0.25, 0.3) is 0 Å². The van der Waals surface area contributed by atoms with E-state index in [9.17, 15) is 4.79 Å². The van der Waals surface area contributed by atoms with Gasteiger partial charge in [-0.25, -0.2) is 4.98 Å². The fourth-order valence-electron chi connectivity index (χ4n) is 1.47. The topological polar surface area (TPSA) is 54.5 Å². The summed E-state index contributed by atoms with van der Waals surface area (Å²) in [6.45, 7) is 5.16. The Kier molecular flexibility index (Phi) is 6.85. The highest BCUT2D eigenvalue weighted by atomic mass is 32.1. The Morgan fingerprint density at radius 1 is 1.56 bits per heavy atom. The second-order valence-corrected chi connectivity index (χ2v) is 5.22. The molecule has 0 saturated carbocycles. The Hall–Kier alpha value is -0.980. The standard InChI is InChI=1S/C12H21N3O2S/c1-10-14-11(9-18-10)12(16)13-5-4-6-15(2)7-8-17-3/h9H,4-8H2,1-3H3,(H,13,16). The number of carbonyl (C=O) groups excluding carboxylic acids is 1. The molecule has 6 heteroatoms. The summed E-state index contributed by atoms with van der Waals surface area (Å²) in [7, 11) is 3.74. The maximum absolute atomic E-state index is 11.7. The minimum absolute atomic E-state index is 0.0844. The van der Waals surface area contributed by atoms with Crippen LogP contribution in [0.3, 0.4) is 0 Å². The predicted octanol–water partition coefficient (Wildman–Crippen LogP) is 1.15. The lowest BCUT2D eigenvalue weighted by Gasteiger charge is -2.15. The average Bonchev–Trinajstić information content (AvgIpc) is 2.78. The number of thiazole rings is 1. The Balaban J connectivity index is 2.12. The van der Waals surface area contributed by atoms with Gasteiger partial charge >= 0.3 is 0 Å². The van der Waals surface area contributed by atoms with Gasteiger partial charge in [0, 0.05) is 25.6 Å². The molecule has 5 nitrogen and oxygen atoms in total. The lowest BCUT2D eigenvalue weighted by molar-refractivity contribution is 0.0946. The first kappa shape index (κ1) is 15.1. The van der Waals surface area contributed by atoms with Crippen molar-refractivity contribution in [3.63, 3.8) is 0 Å². The molecule has 1 aromatic rings. The molecule has 18 heavy (non-hydrogen) atoms. The van der Waals surface area contributed by atoms with Gasteiger partial charge in [0.1, 0.15) is 5.69 Å². The summed E-state index contributed by atoms with van der Waals surface area (Å²) >= 11 is 1.49. The van der Waals surface area contributed by atoms with Crippen LogP contribution in [-0.2, 0) is 4.74 Å². The van der Waals surface area contributed by atoms with E-state index in [2.05, 4.69) is 15.2 Å². The van der Waals surface area contributed by atoms with Gasteiger partial charge in [-0.2, -0.15) is 0 Å². The van der Waals surface area contributed by atoms with Crippen LogP contribution in [0.1, 0.15) is 21.9 Å². The van der Waals surface area contributed by atoms with E-state index in [1.54, 1.807) is 12.5 Å². The normalized spacial score (nSPS) is 10.9. The molecule has 0 atom stereocenters. The van der Waals surface area contributed by atoms with E-state index in [0.717, 1.165) is 31.1 Å². The van der Waals surface area contributed by atoms with Crippen LogP contribution >= 0.6 is 11.3 Å². The van der Waals surface area contributed by atoms with Gasteiger partial charge in [-0.1, -0.05) is 0 Å². The third kappa shape index (κ3) is 5.57. The van der Waals surface area contributed by atoms with Gasteiger partial charge in [0.2, 0.25) is 0 Å². The van der Waals surface area contributed by atoms with Crippen molar-refractivity contribution in [3.8, 4) is 0 Å². The summed E-state index contributed by atoms with van der Waals surface area (Å²) in [5.41, 5.74) is 0.519. The number of carbonyl (C=O) groups is 1. The largest absolute Gasteiger partial charge is 0.383 e. The minimum atomic E-state index is -0.0844. The van der Waals surface area contributed by atoms with Crippen molar-refractivity contribution < 1.29 is 9.53 Å². The number of hydrogen-bond donors (Lipinski definition) is 1. The van der Waals surface area contributed by atoms with Crippen molar-refractivity contribution in [2.45, 2.75) is 13.3 Å². The monoisotopic (exact) mass is 271 g/mol. The highest BCUT2D eigenvalue weighted by molar-refractivity contribution is 7.09. The zero-order valence-electron chi connectivity index (χ0n) is 11.2. The number of methoxy groups -OCH3 is 1. The van der Waals surface area contributed by atoms with Crippen molar-refractivity contribution in [2.24, 2.45) is 0 Å². The molecule has 0 radical (unpaired) electrons. The second-order valence-electron chi connectivity index (χ2n) is 4.16. The number of ether oxygens (including phenoxy) is 1. The van der Waals surface area contributed by atoms with Crippen molar-refractivity contribution in [1.82, 2.24) is 15.2 Å². The SMILES string of the molecule is COCCN(C)CCCNC(=O)c1csc(C)n1. The molecule has 0 bridgehead atoms. The minimum Gasteiger partial charge on any atom is -0.383 e. The van der Waals surface area contributed by atoms with Crippen molar-refractivity contribution in [2.75, 3.05) is 40.4 Å². The van der Waals surface area contributed by atoms with E-state index in [1.165, 1.54) is 11.3 Å². The molecular formula is C12H21N3O2S. The lowest BCUT2D eigenvalue weighted by atomic mass is 10.3. The van der Waals surface area contributed by atoms with Crippen LogP contribution in [0.4, 0.5) is 0 Å².